The molecular formula is C15H18N2O3S. The van der Waals surface area contributed by atoms with Gasteiger partial charge in [0.15, 0.2) is 0 Å². The maximum Gasteiger partial charge on any atom is 0.252 e. The Morgan fingerprint density at radius 1 is 1.33 bits per heavy atom. The van der Waals surface area contributed by atoms with Crippen LogP contribution in [-0.2, 0) is 4.79 Å². The fraction of sp³-hybridized carbons (Fsp3) is 0.467. The Balaban J connectivity index is 1.83. The summed E-state index contributed by atoms with van der Waals surface area (Å²) in [6, 6.07) is 1.66. The first kappa shape index (κ1) is 15.5. The molecule has 1 saturated heterocycles. The number of hydrogen-bond donors (Lipinski definition) is 2. The van der Waals surface area contributed by atoms with E-state index in [9.17, 15) is 9.59 Å². The van der Waals surface area contributed by atoms with Gasteiger partial charge in [0.2, 0.25) is 5.91 Å². The average Bonchev–Trinajstić information content (AvgIpc) is 3.00. The second-order valence-corrected chi connectivity index (χ2v) is 5.69. The van der Waals surface area contributed by atoms with E-state index in [1.807, 2.05) is 0 Å². The van der Waals surface area contributed by atoms with Gasteiger partial charge in [0.05, 0.1) is 17.0 Å². The Bertz CT molecular complexity index is 565. The highest BCUT2D eigenvalue weighted by Gasteiger charge is 2.17. The van der Waals surface area contributed by atoms with Gasteiger partial charge in [-0.3, -0.25) is 9.59 Å². The Morgan fingerprint density at radius 3 is 2.81 bits per heavy atom. The lowest BCUT2D eigenvalue weighted by Crippen LogP contribution is -2.42. The molecule has 1 fully saturated rings. The van der Waals surface area contributed by atoms with Crippen LogP contribution >= 0.6 is 11.3 Å². The van der Waals surface area contributed by atoms with Crippen LogP contribution < -0.4 is 5.32 Å². The number of aliphatic hydroxyl groups excluding tert-OH is 1. The van der Waals surface area contributed by atoms with Crippen LogP contribution in [0.5, 0.6) is 0 Å². The summed E-state index contributed by atoms with van der Waals surface area (Å²) in [6.07, 6.45) is 3.25. The van der Waals surface area contributed by atoms with Gasteiger partial charge in [-0.2, -0.15) is 0 Å². The Labute approximate surface area is 128 Å². The SMILES string of the molecule is O=C(NCC(=O)N1CCCCC1)c1csc(C#CCO)c1. The van der Waals surface area contributed by atoms with Gasteiger partial charge in [0.25, 0.3) is 5.91 Å². The molecule has 0 bridgehead atoms. The standard InChI is InChI=1S/C15H18N2O3S/c18-8-4-5-13-9-12(11-21-13)15(20)16-10-14(19)17-6-2-1-3-7-17/h9,11,18H,1-3,6-8,10H2,(H,16,20). The number of carbonyl (C=O) groups excluding carboxylic acids is 2. The molecule has 0 aromatic carbocycles. The summed E-state index contributed by atoms with van der Waals surface area (Å²) in [5.41, 5.74) is 0.494. The van der Waals surface area contributed by atoms with Crippen molar-refractivity contribution < 1.29 is 14.7 Å². The number of nitrogens with one attached hydrogen (secondary N) is 1. The molecule has 0 unspecified atom stereocenters. The number of nitrogens with zero attached hydrogens (tertiary/aromatic N) is 1. The van der Waals surface area contributed by atoms with Crippen molar-refractivity contribution in [2.45, 2.75) is 19.3 Å². The molecule has 2 rings (SSSR count). The van der Waals surface area contributed by atoms with Crippen molar-refractivity contribution in [3.8, 4) is 11.8 Å². The van der Waals surface area contributed by atoms with E-state index in [2.05, 4.69) is 17.2 Å². The molecule has 1 aliphatic rings. The number of hydrogen-bond acceptors (Lipinski definition) is 4. The summed E-state index contributed by atoms with van der Waals surface area (Å²) in [6.45, 7) is 1.40. The van der Waals surface area contributed by atoms with Gasteiger partial charge in [-0.15, -0.1) is 11.3 Å². The van der Waals surface area contributed by atoms with Gasteiger partial charge in [-0.25, -0.2) is 0 Å². The first-order valence-corrected chi connectivity index (χ1v) is 7.83. The fourth-order valence-electron chi connectivity index (χ4n) is 2.16. The Hall–Kier alpha value is -1.84. The molecule has 2 N–H and O–H groups in total. The third kappa shape index (κ3) is 4.59. The van der Waals surface area contributed by atoms with Gasteiger partial charge in [-0.1, -0.05) is 11.8 Å². The lowest BCUT2D eigenvalue weighted by Gasteiger charge is -2.26. The maximum absolute atomic E-state index is 11.9. The topological polar surface area (TPSA) is 69.6 Å². The number of rotatable bonds is 3. The van der Waals surface area contributed by atoms with Crippen LogP contribution in [0.3, 0.4) is 0 Å². The molecule has 1 aliphatic heterocycles. The zero-order valence-electron chi connectivity index (χ0n) is 11.7. The number of amides is 2. The van der Waals surface area contributed by atoms with Crippen LogP contribution in [-0.4, -0.2) is 48.1 Å². The van der Waals surface area contributed by atoms with Crippen LogP contribution in [0.4, 0.5) is 0 Å². The molecule has 0 atom stereocenters. The molecule has 21 heavy (non-hydrogen) atoms. The highest BCUT2D eigenvalue weighted by Crippen LogP contribution is 2.13. The summed E-state index contributed by atoms with van der Waals surface area (Å²) in [5.74, 6) is 4.98. The zero-order valence-corrected chi connectivity index (χ0v) is 12.5. The first-order valence-electron chi connectivity index (χ1n) is 6.95. The molecule has 2 amide bonds. The van der Waals surface area contributed by atoms with Crippen molar-refractivity contribution in [1.29, 1.82) is 0 Å². The van der Waals surface area contributed by atoms with Gasteiger partial charge < -0.3 is 15.3 Å². The van der Waals surface area contributed by atoms with Crippen molar-refractivity contribution in [3.63, 3.8) is 0 Å². The molecule has 6 heteroatoms. The summed E-state index contributed by atoms with van der Waals surface area (Å²) in [5, 5.41) is 13.0. The van der Waals surface area contributed by atoms with E-state index < -0.39 is 0 Å². The molecule has 0 spiro atoms. The minimum atomic E-state index is -0.270. The van der Waals surface area contributed by atoms with Crippen LogP contribution in [0.2, 0.25) is 0 Å². The summed E-state index contributed by atoms with van der Waals surface area (Å²) < 4.78 is 0. The molecule has 0 saturated carbocycles. The largest absolute Gasteiger partial charge is 0.384 e. The van der Waals surface area contributed by atoms with Crippen molar-refractivity contribution in [2.75, 3.05) is 26.2 Å². The predicted molar refractivity (Wildman–Crippen MR) is 81.0 cm³/mol. The molecule has 5 nitrogen and oxygen atoms in total. The number of thiophene rings is 1. The van der Waals surface area contributed by atoms with Gasteiger partial charge in [0.1, 0.15) is 6.61 Å². The van der Waals surface area contributed by atoms with E-state index in [4.69, 9.17) is 5.11 Å². The van der Waals surface area contributed by atoms with Crippen LogP contribution in [0.25, 0.3) is 0 Å². The Kier molecular flexibility index (Phi) is 5.78. The van der Waals surface area contributed by atoms with E-state index in [1.54, 1.807) is 16.3 Å². The third-order valence-corrected chi connectivity index (χ3v) is 4.11. The van der Waals surface area contributed by atoms with E-state index >= 15 is 0 Å². The molecule has 0 aliphatic carbocycles. The summed E-state index contributed by atoms with van der Waals surface area (Å²) in [7, 11) is 0. The van der Waals surface area contributed by atoms with Crippen molar-refractivity contribution in [1.82, 2.24) is 10.2 Å². The lowest BCUT2D eigenvalue weighted by atomic mass is 10.1. The first-order chi connectivity index (χ1) is 10.2. The second kappa shape index (κ2) is 7.81. The van der Waals surface area contributed by atoms with Crippen LogP contribution in [0.15, 0.2) is 11.4 Å². The van der Waals surface area contributed by atoms with Crippen LogP contribution in [0, 0.1) is 11.8 Å². The third-order valence-electron chi connectivity index (χ3n) is 3.26. The lowest BCUT2D eigenvalue weighted by molar-refractivity contribution is -0.130. The normalized spacial score (nSPS) is 14.2. The van der Waals surface area contributed by atoms with E-state index in [1.165, 1.54) is 17.8 Å². The molecule has 1 aromatic rings. The monoisotopic (exact) mass is 306 g/mol. The highest BCUT2D eigenvalue weighted by molar-refractivity contribution is 7.10. The molecule has 112 valence electrons. The summed E-state index contributed by atoms with van der Waals surface area (Å²) in [4.78, 5) is 26.4. The minimum absolute atomic E-state index is 0.0291. The van der Waals surface area contributed by atoms with Gasteiger partial charge in [0, 0.05) is 18.5 Å². The fourth-order valence-corrected chi connectivity index (χ4v) is 2.92. The van der Waals surface area contributed by atoms with Crippen LogP contribution in [0.1, 0.15) is 34.5 Å². The number of likely N-dealkylation sites (tertiary alicyclic amines) is 1. The number of piperidine rings is 1. The molecule has 0 radical (unpaired) electrons. The van der Waals surface area contributed by atoms with Gasteiger partial charge >= 0.3 is 0 Å². The number of aliphatic hydroxyl groups is 1. The molecular weight excluding hydrogens is 288 g/mol. The predicted octanol–water partition coefficient (Wildman–Crippen LogP) is 0.834. The number of carbonyl (C=O) groups is 2. The van der Waals surface area contributed by atoms with Crippen molar-refractivity contribution in [2.24, 2.45) is 0 Å². The average molecular weight is 306 g/mol. The smallest absolute Gasteiger partial charge is 0.252 e. The molecule has 2 heterocycles. The van der Waals surface area contributed by atoms with E-state index in [0.29, 0.717) is 5.56 Å². The van der Waals surface area contributed by atoms with E-state index in [-0.39, 0.29) is 25.0 Å². The van der Waals surface area contributed by atoms with Gasteiger partial charge in [-0.05, 0) is 25.3 Å². The zero-order chi connectivity index (χ0) is 15.1. The molecule has 1 aromatic heterocycles. The summed E-state index contributed by atoms with van der Waals surface area (Å²) >= 11 is 1.34. The minimum Gasteiger partial charge on any atom is -0.384 e. The second-order valence-electron chi connectivity index (χ2n) is 4.78. The van der Waals surface area contributed by atoms with Crippen molar-refractivity contribution in [3.05, 3.63) is 21.9 Å². The maximum atomic E-state index is 11.9. The Morgan fingerprint density at radius 2 is 2.10 bits per heavy atom. The van der Waals surface area contributed by atoms with E-state index in [0.717, 1.165) is 30.8 Å². The highest BCUT2D eigenvalue weighted by atomic mass is 32.1. The van der Waals surface area contributed by atoms with Crippen molar-refractivity contribution >= 4 is 23.2 Å². The quantitative estimate of drug-likeness (QED) is 0.813.